The zero-order valence-corrected chi connectivity index (χ0v) is 20.2. The smallest absolute Gasteiger partial charge is 0.216 e. The number of nitrogens with zero attached hydrogens (tertiary/aromatic N) is 6. The molecule has 0 spiro atoms. The Morgan fingerprint density at radius 3 is 3.06 bits per heavy atom. The Kier molecular flexibility index (Phi) is 8.32. The van der Waals surface area contributed by atoms with E-state index in [1.54, 1.807) is 6.26 Å². The van der Waals surface area contributed by atoms with Crippen LogP contribution in [0.3, 0.4) is 0 Å². The molecule has 0 amide bonds. The van der Waals surface area contributed by atoms with Gasteiger partial charge in [0.15, 0.2) is 11.7 Å². The summed E-state index contributed by atoms with van der Waals surface area (Å²) in [6, 6.07) is 4.01. The van der Waals surface area contributed by atoms with Gasteiger partial charge >= 0.3 is 0 Å². The van der Waals surface area contributed by atoms with Gasteiger partial charge < -0.3 is 20.0 Å². The number of halogens is 1. The minimum atomic E-state index is 0. The largest absolute Gasteiger partial charge is 0.461 e. The zero-order valence-electron chi connectivity index (χ0n) is 17.9. The molecule has 0 radical (unpaired) electrons. The van der Waals surface area contributed by atoms with E-state index in [4.69, 9.17) is 9.41 Å². The molecule has 0 aromatic carbocycles. The van der Waals surface area contributed by atoms with Gasteiger partial charge in [0.05, 0.1) is 18.1 Å². The van der Waals surface area contributed by atoms with Crippen LogP contribution in [-0.2, 0) is 13.5 Å². The summed E-state index contributed by atoms with van der Waals surface area (Å²) in [4.78, 5) is 11.6. The molecule has 1 atom stereocenters. The molecule has 1 aliphatic rings. The van der Waals surface area contributed by atoms with E-state index in [1.807, 2.05) is 30.1 Å². The van der Waals surface area contributed by atoms with E-state index in [-0.39, 0.29) is 24.0 Å². The Bertz CT molecular complexity index is 950. The Balaban J connectivity index is 0.00000272. The van der Waals surface area contributed by atoms with E-state index in [1.165, 1.54) is 5.69 Å². The van der Waals surface area contributed by atoms with Crippen molar-refractivity contribution in [3.63, 3.8) is 0 Å². The first-order chi connectivity index (χ1) is 14.7. The van der Waals surface area contributed by atoms with Crippen LogP contribution in [0, 0.1) is 0 Å². The Morgan fingerprint density at radius 2 is 2.32 bits per heavy atom. The van der Waals surface area contributed by atoms with Crippen molar-refractivity contribution < 1.29 is 4.42 Å². The molecule has 4 rings (SSSR count). The van der Waals surface area contributed by atoms with Crippen molar-refractivity contribution in [1.82, 2.24) is 35.6 Å². The second-order valence-corrected chi connectivity index (χ2v) is 7.40. The monoisotopic (exact) mass is 539 g/mol. The number of guanidine groups is 1. The number of anilines is 1. The average molecular weight is 539 g/mol. The Morgan fingerprint density at radius 1 is 1.42 bits per heavy atom. The van der Waals surface area contributed by atoms with E-state index in [0.717, 1.165) is 44.3 Å². The van der Waals surface area contributed by atoms with Gasteiger partial charge in [0.25, 0.3) is 0 Å². The molecule has 0 aliphatic carbocycles. The highest BCUT2D eigenvalue weighted by Gasteiger charge is 2.21. The summed E-state index contributed by atoms with van der Waals surface area (Å²) < 4.78 is 7.18. The molecule has 0 saturated carbocycles. The molecule has 3 N–H and O–H groups in total. The number of hydrogen-bond donors (Lipinski definition) is 3. The minimum Gasteiger partial charge on any atom is -0.461 e. The van der Waals surface area contributed by atoms with E-state index < -0.39 is 0 Å². The lowest BCUT2D eigenvalue weighted by Crippen LogP contribution is -2.51. The fraction of sp³-hybridized carbons (Fsp3) is 0.500. The van der Waals surface area contributed by atoms with Crippen LogP contribution in [0.15, 0.2) is 40.2 Å². The first-order valence-corrected chi connectivity index (χ1v) is 10.4. The number of hydrogen-bond acceptors (Lipinski definition) is 6. The molecular formula is C20H30IN9O. The predicted molar refractivity (Wildman–Crippen MR) is 131 cm³/mol. The van der Waals surface area contributed by atoms with Crippen molar-refractivity contribution in [3.05, 3.63) is 36.6 Å². The molecule has 3 aromatic rings. The van der Waals surface area contributed by atoms with Gasteiger partial charge in [0, 0.05) is 51.9 Å². The fourth-order valence-electron chi connectivity index (χ4n) is 3.61. The van der Waals surface area contributed by atoms with Gasteiger partial charge in [-0.05, 0) is 31.9 Å². The summed E-state index contributed by atoms with van der Waals surface area (Å²) in [7, 11) is 1.95. The van der Waals surface area contributed by atoms with E-state index >= 15 is 0 Å². The average Bonchev–Trinajstić information content (AvgIpc) is 3.50. The lowest BCUT2D eigenvalue weighted by molar-refractivity contribution is 0.468. The number of furan rings is 1. The van der Waals surface area contributed by atoms with Gasteiger partial charge in [-0.25, -0.2) is 4.98 Å². The molecule has 1 fully saturated rings. The number of aryl methyl sites for hydroxylation is 1. The normalized spacial score (nSPS) is 16.8. The lowest BCUT2D eigenvalue weighted by Gasteiger charge is -2.34. The first kappa shape index (κ1) is 23.1. The second-order valence-electron chi connectivity index (χ2n) is 7.40. The predicted octanol–water partition coefficient (Wildman–Crippen LogP) is 2.18. The summed E-state index contributed by atoms with van der Waals surface area (Å²) in [6.07, 6.45) is 8.54. The summed E-state index contributed by atoms with van der Waals surface area (Å²) in [5.74, 6) is 2.86. The van der Waals surface area contributed by atoms with Crippen LogP contribution >= 0.6 is 24.0 Å². The molecule has 1 aliphatic heterocycles. The number of aliphatic imine (C=N–C) groups is 1. The number of H-pyrrole nitrogens is 1. The number of nitrogens with one attached hydrogen (secondary N) is 3. The standard InChI is InChI=1S/C20H29N9O.HI/c1-3-21-20(22-9-8-18-25-19(27-26-18)17-7-5-11-30-17)24-15-6-4-10-29(13-15)16-12-23-28(2)14-16;/h5,7,11-12,14-15H,3-4,6,8-10,13H2,1-2H3,(H2,21,22,24)(H,25,26,27);1H. The topological polar surface area (TPSA) is 112 Å². The fourth-order valence-corrected chi connectivity index (χ4v) is 3.61. The van der Waals surface area contributed by atoms with Crippen LogP contribution in [0.25, 0.3) is 11.6 Å². The van der Waals surface area contributed by atoms with E-state index in [2.05, 4.69) is 48.9 Å². The molecule has 168 valence electrons. The van der Waals surface area contributed by atoms with Gasteiger partial charge in [-0.1, -0.05) is 0 Å². The maximum absolute atomic E-state index is 5.33. The van der Waals surface area contributed by atoms with E-state index in [9.17, 15) is 0 Å². The number of rotatable bonds is 7. The summed E-state index contributed by atoms with van der Waals surface area (Å²) in [5.41, 5.74) is 1.17. The van der Waals surface area contributed by atoms with Crippen LogP contribution in [0.5, 0.6) is 0 Å². The van der Waals surface area contributed by atoms with Crippen LogP contribution in [0.4, 0.5) is 5.69 Å². The summed E-state index contributed by atoms with van der Waals surface area (Å²) in [6.45, 7) is 5.49. The number of aromatic amines is 1. The van der Waals surface area contributed by atoms with Crippen molar-refractivity contribution >= 4 is 35.6 Å². The molecule has 0 bridgehead atoms. The van der Waals surface area contributed by atoms with Crippen molar-refractivity contribution in [3.8, 4) is 11.6 Å². The highest BCUT2D eigenvalue weighted by Crippen LogP contribution is 2.19. The van der Waals surface area contributed by atoms with Gasteiger partial charge in [-0.3, -0.25) is 14.8 Å². The molecule has 3 aromatic heterocycles. The van der Waals surface area contributed by atoms with Crippen LogP contribution in [0.1, 0.15) is 25.6 Å². The molecule has 4 heterocycles. The summed E-state index contributed by atoms with van der Waals surface area (Å²) >= 11 is 0. The van der Waals surface area contributed by atoms with Crippen molar-refractivity contribution in [2.75, 3.05) is 31.1 Å². The summed E-state index contributed by atoms with van der Waals surface area (Å²) in [5, 5.41) is 18.4. The zero-order chi connectivity index (χ0) is 20.8. The lowest BCUT2D eigenvalue weighted by atomic mass is 10.1. The van der Waals surface area contributed by atoms with Gasteiger partial charge in [0.1, 0.15) is 5.82 Å². The maximum atomic E-state index is 5.33. The number of aromatic nitrogens is 5. The third kappa shape index (κ3) is 6.21. The number of piperidine rings is 1. The first-order valence-electron chi connectivity index (χ1n) is 10.4. The third-order valence-corrected chi connectivity index (χ3v) is 5.05. The van der Waals surface area contributed by atoms with Crippen molar-refractivity contribution in [1.29, 1.82) is 0 Å². The molecular weight excluding hydrogens is 509 g/mol. The molecule has 1 unspecified atom stereocenters. The molecule has 11 heteroatoms. The van der Waals surface area contributed by atoms with E-state index in [0.29, 0.717) is 30.6 Å². The highest BCUT2D eigenvalue weighted by atomic mass is 127. The van der Waals surface area contributed by atoms with Crippen LogP contribution < -0.4 is 15.5 Å². The minimum absolute atomic E-state index is 0. The quantitative estimate of drug-likeness (QED) is 0.240. The highest BCUT2D eigenvalue weighted by molar-refractivity contribution is 14.0. The molecule has 1 saturated heterocycles. The second kappa shape index (κ2) is 11.2. The van der Waals surface area contributed by atoms with Crippen molar-refractivity contribution in [2.24, 2.45) is 12.0 Å². The maximum Gasteiger partial charge on any atom is 0.216 e. The third-order valence-electron chi connectivity index (χ3n) is 5.05. The Labute approximate surface area is 198 Å². The van der Waals surface area contributed by atoms with Gasteiger partial charge in [0.2, 0.25) is 5.82 Å². The van der Waals surface area contributed by atoms with Gasteiger partial charge in [-0.15, -0.1) is 24.0 Å². The van der Waals surface area contributed by atoms with Crippen LogP contribution in [-0.4, -0.2) is 63.1 Å². The van der Waals surface area contributed by atoms with Crippen LogP contribution in [0.2, 0.25) is 0 Å². The molecule has 10 nitrogen and oxygen atoms in total. The SMILES string of the molecule is CCNC(=NCCc1nc(-c2ccco2)n[nH]1)NC1CCCN(c2cnn(C)c2)C1.I. The van der Waals surface area contributed by atoms with Crippen molar-refractivity contribution in [2.45, 2.75) is 32.2 Å². The molecule has 31 heavy (non-hydrogen) atoms. The Hall–Kier alpha value is -2.57. The van der Waals surface area contributed by atoms with Gasteiger partial charge in [-0.2, -0.15) is 10.2 Å².